The highest BCUT2D eigenvalue weighted by atomic mass is 16.4. The summed E-state index contributed by atoms with van der Waals surface area (Å²) in [7, 11) is 0. The van der Waals surface area contributed by atoms with Crippen LogP contribution in [0.5, 0.6) is 0 Å². The van der Waals surface area contributed by atoms with Crippen LogP contribution in [0.2, 0.25) is 0 Å². The summed E-state index contributed by atoms with van der Waals surface area (Å²) in [6, 6.07) is -1.26. The second kappa shape index (κ2) is 6.89. The third kappa shape index (κ3) is 4.27. The zero-order valence-corrected chi connectivity index (χ0v) is 6.87. The van der Waals surface area contributed by atoms with Gasteiger partial charge >= 0.3 is 0 Å². The Morgan fingerprint density at radius 1 is 1.23 bits per heavy atom. The molecule has 0 saturated carbocycles. The lowest BCUT2D eigenvalue weighted by atomic mass is 10.0. The Balaban J connectivity index is 0. The molecule has 0 aliphatic rings. The summed E-state index contributed by atoms with van der Waals surface area (Å²) in [4.78, 5) is 10.0. The maximum absolute atomic E-state index is 10.0. The van der Waals surface area contributed by atoms with Crippen molar-refractivity contribution < 1.29 is 30.7 Å². The molecule has 8 N–H and O–H groups in total. The van der Waals surface area contributed by atoms with Gasteiger partial charge in [-0.1, -0.05) is 0 Å². The number of carbonyl (C=O) groups is 1. The van der Waals surface area contributed by atoms with E-state index in [2.05, 4.69) is 0 Å². The van der Waals surface area contributed by atoms with Crippen molar-refractivity contribution in [2.75, 3.05) is 6.61 Å². The van der Waals surface area contributed by atoms with Crippen molar-refractivity contribution in [2.24, 2.45) is 5.73 Å². The van der Waals surface area contributed by atoms with E-state index in [0.717, 1.165) is 0 Å². The monoisotopic (exact) mass is 197 g/mol. The molecule has 7 nitrogen and oxygen atoms in total. The Hall–Kier alpha value is -0.570. The summed E-state index contributed by atoms with van der Waals surface area (Å²) in [5, 5.41) is 35.2. The van der Waals surface area contributed by atoms with Crippen LogP contribution in [0.15, 0.2) is 0 Å². The predicted molar refractivity (Wildman–Crippen MR) is 42.8 cm³/mol. The van der Waals surface area contributed by atoms with Crippen LogP contribution in [0.3, 0.4) is 0 Å². The quantitative estimate of drug-likeness (QED) is 0.281. The molecule has 0 bridgehead atoms. The molecule has 4 atom stereocenters. The number of nitrogens with two attached hydrogens (primary N) is 1. The van der Waals surface area contributed by atoms with Crippen LogP contribution in [0, 0.1) is 0 Å². The summed E-state index contributed by atoms with van der Waals surface area (Å²) < 4.78 is 0. The van der Waals surface area contributed by atoms with Gasteiger partial charge in [-0.05, 0) is 0 Å². The molecule has 0 spiro atoms. The zero-order valence-electron chi connectivity index (χ0n) is 6.87. The van der Waals surface area contributed by atoms with Gasteiger partial charge in [0.05, 0.1) is 12.6 Å². The van der Waals surface area contributed by atoms with Crippen molar-refractivity contribution in [1.29, 1.82) is 0 Å². The number of carbonyl (C=O) groups excluding carboxylic acids is 1. The second-order valence-electron chi connectivity index (χ2n) is 2.44. The zero-order chi connectivity index (χ0) is 9.72. The average Bonchev–Trinajstić information content (AvgIpc) is 2.12. The topological polar surface area (TPSA) is 156 Å². The summed E-state index contributed by atoms with van der Waals surface area (Å²) in [5.41, 5.74) is 5.04. The Morgan fingerprint density at radius 3 is 2.00 bits per heavy atom. The highest BCUT2D eigenvalue weighted by Gasteiger charge is 2.28. The molecule has 0 rings (SSSR count). The van der Waals surface area contributed by atoms with Crippen LogP contribution in [0.1, 0.15) is 0 Å². The molecule has 13 heavy (non-hydrogen) atoms. The molecule has 0 aromatic carbocycles. The highest BCUT2D eigenvalue weighted by Crippen LogP contribution is 2.01. The maximum atomic E-state index is 10.0. The molecule has 0 saturated heterocycles. The van der Waals surface area contributed by atoms with E-state index in [-0.39, 0.29) is 11.8 Å². The number of hydrogen-bond donors (Lipinski definition) is 5. The van der Waals surface area contributed by atoms with E-state index in [9.17, 15) is 4.79 Å². The molecule has 0 heterocycles. The first-order chi connectivity index (χ1) is 5.54. The van der Waals surface area contributed by atoms with E-state index in [1.54, 1.807) is 0 Å². The van der Waals surface area contributed by atoms with Crippen molar-refractivity contribution in [3.8, 4) is 0 Å². The molecule has 0 fully saturated rings. The first-order valence-electron chi connectivity index (χ1n) is 3.40. The normalized spacial score (nSPS) is 19.5. The minimum atomic E-state index is -1.62. The third-order valence-electron chi connectivity index (χ3n) is 1.48. The molecule has 80 valence electrons. The molecule has 0 aromatic rings. The fourth-order valence-electron chi connectivity index (χ4n) is 0.644. The molecular weight excluding hydrogens is 182 g/mol. The Labute approximate surface area is 74.7 Å². The van der Waals surface area contributed by atoms with Crippen molar-refractivity contribution in [3.63, 3.8) is 0 Å². The summed E-state index contributed by atoms with van der Waals surface area (Å²) in [6.45, 7) is -0.705. The lowest BCUT2D eigenvalue weighted by molar-refractivity contribution is -0.118. The van der Waals surface area contributed by atoms with Gasteiger partial charge in [-0.2, -0.15) is 0 Å². The summed E-state index contributed by atoms with van der Waals surface area (Å²) >= 11 is 0. The maximum Gasteiger partial charge on any atom is 0.139 e. The van der Waals surface area contributed by atoms with E-state index in [1.165, 1.54) is 0 Å². The van der Waals surface area contributed by atoms with Crippen LogP contribution in [-0.4, -0.2) is 63.1 Å². The van der Waals surface area contributed by atoms with Gasteiger partial charge in [-0.3, -0.25) is 0 Å². The van der Waals surface area contributed by atoms with Crippen molar-refractivity contribution in [2.45, 2.75) is 24.4 Å². The standard InChI is InChI=1S/C6H13NO5.H2O/c7-3(1-8)5(11)6(12)4(10)2-9;/h1,3-6,9-12H,2,7H2;1H2/t3-,4+,5+,6+;/m0./s1. The van der Waals surface area contributed by atoms with Gasteiger partial charge in [0, 0.05) is 0 Å². The summed E-state index contributed by atoms with van der Waals surface area (Å²) in [5.74, 6) is 0. The van der Waals surface area contributed by atoms with E-state index in [4.69, 9.17) is 26.2 Å². The predicted octanol–water partition coefficient (Wildman–Crippen LogP) is -4.24. The lowest BCUT2D eigenvalue weighted by Crippen LogP contribution is -2.49. The Kier molecular flexibility index (Phi) is 7.92. The first-order valence-corrected chi connectivity index (χ1v) is 3.40. The highest BCUT2D eigenvalue weighted by molar-refractivity contribution is 5.58. The smallest absolute Gasteiger partial charge is 0.139 e. The third-order valence-corrected chi connectivity index (χ3v) is 1.48. The van der Waals surface area contributed by atoms with Crippen LogP contribution >= 0.6 is 0 Å². The minimum absolute atomic E-state index is 0. The number of aliphatic hydroxyl groups is 4. The molecule has 7 heteroatoms. The molecule has 0 aliphatic carbocycles. The van der Waals surface area contributed by atoms with E-state index < -0.39 is 31.0 Å². The van der Waals surface area contributed by atoms with Crippen LogP contribution in [-0.2, 0) is 4.79 Å². The van der Waals surface area contributed by atoms with Crippen molar-refractivity contribution in [1.82, 2.24) is 0 Å². The number of rotatable bonds is 5. The van der Waals surface area contributed by atoms with Gasteiger partial charge in [0.2, 0.25) is 0 Å². The van der Waals surface area contributed by atoms with Gasteiger partial charge < -0.3 is 36.4 Å². The summed E-state index contributed by atoms with van der Waals surface area (Å²) in [6.07, 6.45) is -4.43. The van der Waals surface area contributed by atoms with Gasteiger partial charge in [0.15, 0.2) is 0 Å². The SMILES string of the molecule is N[C@@H](C=O)[C@@H](O)[C@H](O)[C@H](O)CO.O. The number of aliphatic hydroxyl groups excluding tert-OH is 4. The van der Waals surface area contributed by atoms with E-state index in [1.807, 2.05) is 0 Å². The molecule has 0 amide bonds. The van der Waals surface area contributed by atoms with Gasteiger partial charge in [0.25, 0.3) is 0 Å². The fraction of sp³-hybridized carbons (Fsp3) is 0.833. The Morgan fingerprint density at radius 2 is 1.69 bits per heavy atom. The van der Waals surface area contributed by atoms with Crippen molar-refractivity contribution >= 4 is 6.29 Å². The fourth-order valence-corrected chi connectivity index (χ4v) is 0.644. The molecule has 0 unspecified atom stereocenters. The van der Waals surface area contributed by atoms with Crippen molar-refractivity contribution in [3.05, 3.63) is 0 Å². The average molecular weight is 197 g/mol. The van der Waals surface area contributed by atoms with Crippen LogP contribution < -0.4 is 5.73 Å². The van der Waals surface area contributed by atoms with E-state index >= 15 is 0 Å². The van der Waals surface area contributed by atoms with Gasteiger partial charge in [0.1, 0.15) is 24.6 Å². The molecule has 0 aliphatic heterocycles. The second-order valence-corrected chi connectivity index (χ2v) is 2.44. The molecule has 0 aromatic heterocycles. The van der Waals surface area contributed by atoms with Crippen LogP contribution in [0.25, 0.3) is 0 Å². The molecule has 0 radical (unpaired) electrons. The minimum Gasteiger partial charge on any atom is -0.412 e. The van der Waals surface area contributed by atoms with Gasteiger partial charge in [-0.15, -0.1) is 0 Å². The van der Waals surface area contributed by atoms with Gasteiger partial charge in [-0.25, -0.2) is 0 Å². The Bertz CT molecular complexity index is 143. The largest absolute Gasteiger partial charge is 0.412 e. The van der Waals surface area contributed by atoms with E-state index in [0.29, 0.717) is 0 Å². The first kappa shape index (κ1) is 14.9. The lowest BCUT2D eigenvalue weighted by Gasteiger charge is -2.23. The number of hydrogen-bond acceptors (Lipinski definition) is 6. The number of aldehydes is 1. The molecular formula is C6H15NO6. The van der Waals surface area contributed by atoms with Crippen LogP contribution in [0.4, 0.5) is 0 Å².